The number of benzene rings is 1. The standard InChI is InChI=1S/C18H22ClN3O3S/c19-17-4-5-18(25-14-15-3-1-6-20-12-15)16(11-17)13-21-7-9-22-8-2-10-26(22,23)24/h1,3-6,11-12,21H,2,7-10,13-14H2. The fourth-order valence-corrected chi connectivity index (χ4v) is 4.56. The van der Waals surface area contributed by atoms with E-state index in [1.807, 2.05) is 24.3 Å². The Morgan fingerprint density at radius 1 is 1.31 bits per heavy atom. The van der Waals surface area contributed by atoms with Gasteiger partial charge >= 0.3 is 0 Å². The lowest BCUT2D eigenvalue weighted by Gasteiger charge is -2.16. The third-order valence-corrected chi connectivity index (χ3v) is 6.39. The van der Waals surface area contributed by atoms with Crippen molar-refractivity contribution < 1.29 is 13.2 Å². The van der Waals surface area contributed by atoms with Crippen molar-refractivity contribution in [3.8, 4) is 5.75 Å². The van der Waals surface area contributed by atoms with Crippen LogP contribution in [0.1, 0.15) is 17.5 Å². The lowest BCUT2D eigenvalue weighted by Crippen LogP contribution is -2.33. The van der Waals surface area contributed by atoms with Crippen molar-refractivity contribution in [3.05, 3.63) is 58.9 Å². The molecule has 1 aliphatic heterocycles. The number of rotatable bonds is 8. The molecule has 6 nitrogen and oxygen atoms in total. The Bertz CT molecular complexity index is 831. The van der Waals surface area contributed by atoms with E-state index in [0.717, 1.165) is 16.9 Å². The molecule has 0 spiro atoms. The van der Waals surface area contributed by atoms with Crippen LogP contribution in [0.25, 0.3) is 0 Å². The summed E-state index contributed by atoms with van der Waals surface area (Å²) >= 11 is 6.11. The van der Waals surface area contributed by atoms with Crippen LogP contribution in [0, 0.1) is 0 Å². The molecule has 1 saturated heterocycles. The van der Waals surface area contributed by atoms with Crippen molar-refractivity contribution in [2.75, 3.05) is 25.4 Å². The highest BCUT2D eigenvalue weighted by atomic mass is 35.5. The molecule has 3 rings (SSSR count). The van der Waals surface area contributed by atoms with E-state index in [4.69, 9.17) is 16.3 Å². The van der Waals surface area contributed by atoms with Crippen LogP contribution < -0.4 is 10.1 Å². The first-order chi connectivity index (χ1) is 12.5. The van der Waals surface area contributed by atoms with E-state index in [0.29, 0.717) is 44.2 Å². The Morgan fingerprint density at radius 2 is 2.19 bits per heavy atom. The molecular weight excluding hydrogens is 374 g/mol. The number of hydrogen-bond acceptors (Lipinski definition) is 5. The second kappa shape index (κ2) is 8.81. The van der Waals surface area contributed by atoms with Gasteiger partial charge in [0, 0.05) is 54.7 Å². The molecule has 0 amide bonds. The maximum Gasteiger partial charge on any atom is 0.214 e. The minimum Gasteiger partial charge on any atom is -0.489 e. The normalized spacial score (nSPS) is 16.7. The molecule has 0 atom stereocenters. The predicted octanol–water partition coefficient (Wildman–Crippen LogP) is 2.44. The summed E-state index contributed by atoms with van der Waals surface area (Å²) < 4.78 is 31.0. The average Bonchev–Trinajstić information content (AvgIpc) is 2.97. The summed E-state index contributed by atoms with van der Waals surface area (Å²) in [5.41, 5.74) is 1.92. The maximum absolute atomic E-state index is 11.8. The molecule has 2 aromatic rings. The first-order valence-electron chi connectivity index (χ1n) is 8.53. The molecule has 0 bridgehead atoms. The molecule has 1 aliphatic rings. The van der Waals surface area contributed by atoms with Crippen molar-refractivity contribution in [2.45, 2.75) is 19.6 Å². The third kappa shape index (κ3) is 5.17. The smallest absolute Gasteiger partial charge is 0.214 e. The Balaban J connectivity index is 1.54. The van der Waals surface area contributed by atoms with Gasteiger partial charge in [-0.1, -0.05) is 17.7 Å². The van der Waals surface area contributed by atoms with Crippen LogP contribution in [0.4, 0.5) is 0 Å². The quantitative estimate of drug-likeness (QED) is 0.695. The minimum absolute atomic E-state index is 0.258. The fraction of sp³-hybridized carbons (Fsp3) is 0.389. The molecule has 140 valence electrons. The maximum atomic E-state index is 11.8. The topological polar surface area (TPSA) is 71.5 Å². The van der Waals surface area contributed by atoms with E-state index in [1.54, 1.807) is 18.5 Å². The van der Waals surface area contributed by atoms with E-state index < -0.39 is 10.0 Å². The van der Waals surface area contributed by atoms with Gasteiger partial charge < -0.3 is 10.1 Å². The van der Waals surface area contributed by atoms with Crippen LogP contribution in [0.15, 0.2) is 42.7 Å². The number of pyridine rings is 1. The van der Waals surface area contributed by atoms with Gasteiger partial charge in [-0.15, -0.1) is 0 Å². The Labute approximate surface area is 159 Å². The van der Waals surface area contributed by atoms with Crippen molar-refractivity contribution in [2.24, 2.45) is 0 Å². The first kappa shape index (κ1) is 19.1. The summed E-state index contributed by atoms with van der Waals surface area (Å²) in [5, 5.41) is 3.91. The Kier molecular flexibility index (Phi) is 6.48. The lowest BCUT2D eigenvalue weighted by atomic mass is 10.2. The van der Waals surface area contributed by atoms with Crippen LogP contribution >= 0.6 is 11.6 Å². The largest absolute Gasteiger partial charge is 0.489 e. The summed E-state index contributed by atoms with van der Waals surface area (Å²) in [7, 11) is -3.04. The van der Waals surface area contributed by atoms with Crippen molar-refractivity contribution >= 4 is 21.6 Å². The fourth-order valence-electron chi connectivity index (χ4n) is 2.84. The van der Waals surface area contributed by atoms with Gasteiger partial charge in [0.05, 0.1) is 5.75 Å². The number of nitrogens with zero attached hydrogens (tertiary/aromatic N) is 2. The number of ether oxygens (including phenoxy) is 1. The lowest BCUT2D eigenvalue weighted by molar-refractivity contribution is 0.301. The van der Waals surface area contributed by atoms with Gasteiger partial charge in [0.25, 0.3) is 0 Å². The number of sulfonamides is 1. The molecule has 0 aliphatic carbocycles. The van der Waals surface area contributed by atoms with Crippen LogP contribution in [0.2, 0.25) is 5.02 Å². The van der Waals surface area contributed by atoms with Crippen molar-refractivity contribution in [1.82, 2.24) is 14.6 Å². The first-order valence-corrected chi connectivity index (χ1v) is 10.5. The van der Waals surface area contributed by atoms with Crippen LogP contribution in [0.5, 0.6) is 5.75 Å². The van der Waals surface area contributed by atoms with Gasteiger partial charge in [0.15, 0.2) is 0 Å². The van der Waals surface area contributed by atoms with Gasteiger partial charge in [-0.25, -0.2) is 12.7 Å². The van der Waals surface area contributed by atoms with E-state index in [-0.39, 0.29) is 5.75 Å². The van der Waals surface area contributed by atoms with Gasteiger partial charge in [-0.3, -0.25) is 4.98 Å². The van der Waals surface area contributed by atoms with E-state index in [1.165, 1.54) is 4.31 Å². The van der Waals surface area contributed by atoms with Crippen molar-refractivity contribution in [3.63, 3.8) is 0 Å². The Hall–Kier alpha value is -1.67. The van der Waals surface area contributed by atoms with Crippen LogP contribution in [0.3, 0.4) is 0 Å². The minimum atomic E-state index is -3.04. The molecule has 1 aromatic carbocycles. The average molecular weight is 396 g/mol. The molecule has 0 saturated carbocycles. The van der Waals surface area contributed by atoms with E-state index in [2.05, 4.69) is 10.3 Å². The Morgan fingerprint density at radius 3 is 2.92 bits per heavy atom. The highest BCUT2D eigenvalue weighted by Gasteiger charge is 2.27. The van der Waals surface area contributed by atoms with Crippen LogP contribution in [-0.4, -0.2) is 43.1 Å². The highest BCUT2D eigenvalue weighted by molar-refractivity contribution is 7.89. The predicted molar refractivity (Wildman–Crippen MR) is 102 cm³/mol. The van der Waals surface area contributed by atoms with Gasteiger partial charge in [-0.2, -0.15) is 0 Å². The van der Waals surface area contributed by atoms with Crippen molar-refractivity contribution in [1.29, 1.82) is 0 Å². The zero-order valence-corrected chi connectivity index (χ0v) is 16.0. The summed E-state index contributed by atoms with van der Waals surface area (Å²) in [5.74, 6) is 1.01. The second-order valence-electron chi connectivity index (χ2n) is 6.15. The number of halogens is 1. The monoisotopic (exact) mass is 395 g/mol. The molecule has 0 unspecified atom stereocenters. The number of aromatic nitrogens is 1. The molecule has 1 aromatic heterocycles. The summed E-state index contributed by atoms with van der Waals surface area (Å²) in [6.45, 7) is 2.65. The molecule has 26 heavy (non-hydrogen) atoms. The molecule has 0 radical (unpaired) electrons. The van der Waals surface area contributed by atoms with Gasteiger partial charge in [-0.05, 0) is 30.7 Å². The summed E-state index contributed by atoms with van der Waals surface area (Å²) in [6.07, 6.45) is 4.20. The summed E-state index contributed by atoms with van der Waals surface area (Å²) in [6, 6.07) is 9.33. The zero-order chi connectivity index (χ0) is 18.4. The highest BCUT2D eigenvalue weighted by Crippen LogP contribution is 2.24. The SMILES string of the molecule is O=S1(=O)CCCN1CCNCc1cc(Cl)ccc1OCc1cccnc1. The molecule has 8 heteroatoms. The third-order valence-electron chi connectivity index (χ3n) is 4.20. The molecule has 2 heterocycles. The van der Waals surface area contributed by atoms with Gasteiger partial charge in [0.1, 0.15) is 12.4 Å². The van der Waals surface area contributed by atoms with E-state index in [9.17, 15) is 8.42 Å². The molecule has 1 fully saturated rings. The van der Waals surface area contributed by atoms with Gasteiger partial charge in [0.2, 0.25) is 10.0 Å². The number of hydrogen-bond donors (Lipinski definition) is 1. The van der Waals surface area contributed by atoms with Crippen LogP contribution in [-0.2, 0) is 23.2 Å². The summed E-state index contributed by atoms with van der Waals surface area (Å²) in [4.78, 5) is 4.08. The molecular formula is C18H22ClN3O3S. The van der Waals surface area contributed by atoms with E-state index >= 15 is 0 Å². The second-order valence-corrected chi connectivity index (χ2v) is 8.67. The number of nitrogens with one attached hydrogen (secondary N) is 1. The zero-order valence-electron chi connectivity index (χ0n) is 14.4. The molecule has 1 N–H and O–H groups in total.